The Kier molecular flexibility index (Phi) is 3.58. The van der Waals surface area contributed by atoms with Gasteiger partial charge in [-0.05, 0) is 12.8 Å². The fourth-order valence-electron chi connectivity index (χ4n) is 1.13. The zero-order chi connectivity index (χ0) is 8.27. The van der Waals surface area contributed by atoms with Crippen molar-refractivity contribution in [1.29, 1.82) is 0 Å². The minimum atomic E-state index is -0.0971. The van der Waals surface area contributed by atoms with Gasteiger partial charge in [0.2, 0.25) is 0 Å². The van der Waals surface area contributed by atoms with Gasteiger partial charge in [0, 0.05) is 3.92 Å². The molecule has 0 aliphatic carbocycles. The van der Waals surface area contributed by atoms with Gasteiger partial charge in [0.25, 0.3) is 0 Å². The van der Waals surface area contributed by atoms with Gasteiger partial charge in [-0.1, -0.05) is 22.6 Å². The summed E-state index contributed by atoms with van der Waals surface area (Å²) in [6.07, 6.45) is 1.56. The van der Waals surface area contributed by atoms with Gasteiger partial charge in [-0.2, -0.15) is 0 Å². The third-order valence-electron chi connectivity index (χ3n) is 1.78. The predicted molar refractivity (Wildman–Crippen MR) is 48.6 cm³/mol. The van der Waals surface area contributed by atoms with E-state index in [4.69, 9.17) is 9.84 Å². The number of hydrogen-bond acceptors (Lipinski definition) is 3. The lowest BCUT2D eigenvalue weighted by Gasteiger charge is -2.08. The highest BCUT2D eigenvalue weighted by atomic mass is 127. The molecule has 0 aromatic heterocycles. The van der Waals surface area contributed by atoms with E-state index in [1.165, 1.54) is 0 Å². The first kappa shape index (κ1) is 9.25. The number of aliphatic hydroxyl groups excluding tert-OH is 1. The standard InChI is InChI=1S/C7H11IO3/c8-6(4-9)3-5-1-2-11-7(5)10/h5-6,9H,1-4H2. The Morgan fingerprint density at radius 3 is 3.00 bits per heavy atom. The van der Waals surface area contributed by atoms with Crippen LogP contribution >= 0.6 is 22.6 Å². The molecule has 2 atom stereocenters. The van der Waals surface area contributed by atoms with Crippen molar-refractivity contribution in [3.05, 3.63) is 0 Å². The van der Waals surface area contributed by atoms with Crippen LogP contribution in [0.5, 0.6) is 0 Å². The number of alkyl halides is 1. The number of esters is 1. The lowest BCUT2D eigenvalue weighted by atomic mass is 10.0. The molecule has 0 spiro atoms. The lowest BCUT2D eigenvalue weighted by Crippen LogP contribution is -2.15. The molecule has 1 rings (SSSR count). The number of rotatable bonds is 3. The van der Waals surface area contributed by atoms with Crippen LogP contribution in [0.4, 0.5) is 0 Å². The number of aliphatic hydroxyl groups is 1. The first-order valence-corrected chi connectivity index (χ1v) is 4.90. The highest BCUT2D eigenvalue weighted by Crippen LogP contribution is 2.22. The molecular formula is C7H11IO3. The second-order valence-corrected chi connectivity index (χ2v) is 4.43. The maximum atomic E-state index is 10.9. The number of halogens is 1. The van der Waals surface area contributed by atoms with Gasteiger partial charge in [-0.25, -0.2) is 0 Å². The molecule has 1 aliphatic rings. The van der Waals surface area contributed by atoms with E-state index >= 15 is 0 Å². The molecule has 0 saturated carbocycles. The minimum Gasteiger partial charge on any atom is -0.465 e. The molecule has 1 aliphatic heterocycles. The lowest BCUT2D eigenvalue weighted by molar-refractivity contribution is -0.141. The Balaban J connectivity index is 2.30. The summed E-state index contributed by atoms with van der Waals surface area (Å²) in [6, 6.07) is 0. The molecule has 0 bridgehead atoms. The van der Waals surface area contributed by atoms with Crippen LogP contribution < -0.4 is 0 Å². The summed E-state index contributed by atoms with van der Waals surface area (Å²) in [5.74, 6) is -0.0656. The van der Waals surface area contributed by atoms with Gasteiger partial charge in [0.15, 0.2) is 0 Å². The molecule has 11 heavy (non-hydrogen) atoms. The zero-order valence-electron chi connectivity index (χ0n) is 6.12. The van der Waals surface area contributed by atoms with Crippen LogP contribution in [0.15, 0.2) is 0 Å². The SMILES string of the molecule is O=C1OCCC1CC(I)CO. The summed E-state index contributed by atoms with van der Waals surface area (Å²) in [4.78, 5) is 10.9. The van der Waals surface area contributed by atoms with Crippen LogP contribution in [0.2, 0.25) is 0 Å². The molecule has 1 fully saturated rings. The number of carbonyl (C=O) groups is 1. The number of ether oxygens (including phenoxy) is 1. The van der Waals surface area contributed by atoms with Gasteiger partial charge in [-0.3, -0.25) is 4.79 Å². The van der Waals surface area contributed by atoms with Crippen LogP contribution in [0.1, 0.15) is 12.8 Å². The van der Waals surface area contributed by atoms with Crippen LogP contribution in [0.3, 0.4) is 0 Å². The molecular weight excluding hydrogens is 259 g/mol. The van der Waals surface area contributed by atoms with Gasteiger partial charge in [-0.15, -0.1) is 0 Å². The molecule has 1 heterocycles. The monoisotopic (exact) mass is 270 g/mol. The fraction of sp³-hybridized carbons (Fsp3) is 0.857. The second kappa shape index (κ2) is 4.25. The van der Waals surface area contributed by atoms with E-state index in [1.54, 1.807) is 0 Å². The third-order valence-corrected chi connectivity index (χ3v) is 2.68. The van der Waals surface area contributed by atoms with Crippen molar-refractivity contribution in [2.24, 2.45) is 5.92 Å². The Morgan fingerprint density at radius 2 is 2.55 bits per heavy atom. The Bertz CT molecular complexity index is 149. The van der Waals surface area contributed by atoms with Crippen molar-refractivity contribution in [3.8, 4) is 0 Å². The zero-order valence-corrected chi connectivity index (χ0v) is 8.28. The number of hydrogen-bond donors (Lipinski definition) is 1. The van der Waals surface area contributed by atoms with E-state index in [0.29, 0.717) is 6.61 Å². The highest BCUT2D eigenvalue weighted by molar-refractivity contribution is 14.1. The van der Waals surface area contributed by atoms with Crippen LogP contribution in [0, 0.1) is 5.92 Å². The maximum Gasteiger partial charge on any atom is 0.309 e. The third kappa shape index (κ3) is 2.59. The van der Waals surface area contributed by atoms with Gasteiger partial charge >= 0.3 is 5.97 Å². The van der Waals surface area contributed by atoms with Gasteiger partial charge in [0.1, 0.15) is 0 Å². The van der Waals surface area contributed by atoms with E-state index in [9.17, 15) is 4.79 Å². The summed E-state index contributed by atoms with van der Waals surface area (Å²) >= 11 is 2.15. The molecule has 0 radical (unpaired) electrons. The van der Waals surface area contributed by atoms with Gasteiger partial charge < -0.3 is 9.84 Å². The van der Waals surface area contributed by atoms with E-state index < -0.39 is 0 Å². The van der Waals surface area contributed by atoms with Crippen molar-refractivity contribution in [2.75, 3.05) is 13.2 Å². The maximum absolute atomic E-state index is 10.9. The summed E-state index contributed by atoms with van der Waals surface area (Å²) in [7, 11) is 0. The molecule has 4 heteroatoms. The smallest absolute Gasteiger partial charge is 0.309 e. The van der Waals surface area contributed by atoms with Gasteiger partial charge in [0.05, 0.1) is 19.1 Å². The minimum absolute atomic E-state index is 0.0315. The molecule has 0 aromatic rings. The van der Waals surface area contributed by atoms with E-state index in [0.717, 1.165) is 12.8 Å². The average Bonchev–Trinajstić information content (AvgIpc) is 2.37. The first-order chi connectivity index (χ1) is 5.24. The normalized spacial score (nSPS) is 26.7. The van der Waals surface area contributed by atoms with E-state index in [2.05, 4.69) is 22.6 Å². The summed E-state index contributed by atoms with van der Waals surface area (Å²) in [5.41, 5.74) is 0. The Labute approximate surface area is 79.3 Å². The average molecular weight is 270 g/mol. The quantitative estimate of drug-likeness (QED) is 0.467. The van der Waals surface area contributed by atoms with Crippen molar-refractivity contribution in [3.63, 3.8) is 0 Å². The highest BCUT2D eigenvalue weighted by Gasteiger charge is 2.27. The molecule has 64 valence electrons. The van der Waals surface area contributed by atoms with Crippen LogP contribution in [-0.4, -0.2) is 28.2 Å². The first-order valence-electron chi connectivity index (χ1n) is 3.65. The second-order valence-electron chi connectivity index (χ2n) is 2.67. The molecule has 0 aromatic carbocycles. The van der Waals surface area contributed by atoms with Crippen molar-refractivity contribution in [2.45, 2.75) is 16.8 Å². The predicted octanol–water partition coefficient (Wildman–Crippen LogP) is 0.736. The summed E-state index contributed by atoms with van der Waals surface area (Å²) in [5, 5.41) is 8.72. The summed E-state index contributed by atoms with van der Waals surface area (Å²) in [6.45, 7) is 0.697. The molecule has 2 unspecified atom stereocenters. The molecule has 1 saturated heterocycles. The molecule has 1 N–H and O–H groups in total. The topological polar surface area (TPSA) is 46.5 Å². The van der Waals surface area contributed by atoms with Crippen molar-refractivity contribution in [1.82, 2.24) is 0 Å². The molecule has 0 amide bonds. The van der Waals surface area contributed by atoms with E-state index in [1.807, 2.05) is 0 Å². The summed E-state index contributed by atoms with van der Waals surface area (Å²) < 4.78 is 4.97. The van der Waals surface area contributed by atoms with Crippen LogP contribution in [-0.2, 0) is 9.53 Å². The van der Waals surface area contributed by atoms with Crippen molar-refractivity contribution < 1.29 is 14.6 Å². The fourth-order valence-corrected chi connectivity index (χ4v) is 1.75. The Hall–Kier alpha value is 0.160. The number of carbonyl (C=O) groups excluding carboxylic acids is 1. The number of cyclic esters (lactones) is 1. The van der Waals surface area contributed by atoms with Crippen LogP contribution in [0.25, 0.3) is 0 Å². The largest absolute Gasteiger partial charge is 0.465 e. The molecule has 3 nitrogen and oxygen atoms in total. The van der Waals surface area contributed by atoms with Crippen molar-refractivity contribution >= 4 is 28.6 Å². The Morgan fingerprint density at radius 1 is 1.82 bits per heavy atom. The van der Waals surface area contributed by atoms with E-state index in [-0.39, 0.29) is 22.4 Å².